The number of hydrogen-bond donors (Lipinski definition) is 2. The first kappa shape index (κ1) is 8.55. The fourth-order valence-corrected chi connectivity index (χ4v) is 1.50. The van der Waals surface area contributed by atoms with Crippen LogP contribution in [0.4, 0.5) is 0 Å². The number of carbonyl (C=O) groups is 1. The topological polar surface area (TPSA) is 60.8 Å². The summed E-state index contributed by atoms with van der Waals surface area (Å²) < 4.78 is 0. The van der Waals surface area contributed by atoms with Gasteiger partial charge < -0.3 is 14.9 Å². The second-order valence-electron chi connectivity index (χ2n) is 2.87. The van der Waals surface area contributed by atoms with E-state index in [1.165, 1.54) is 0 Å². The van der Waals surface area contributed by atoms with E-state index in [1.54, 1.807) is 11.6 Å². The molecule has 0 saturated carbocycles. The second kappa shape index (κ2) is 3.23. The van der Waals surface area contributed by atoms with Crippen molar-refractivity contribution >= 4 is 13.0 Å². The minimum atomic E-state index is -0.830. The molecule has 1 saturated heterocycles. The Bertz CT molecular complexity index is 162. The maximum atomic E-state index is 10.6. The fraction of sp³-hybridized carbons (Fsp3) is 0.833. The molecule has 0 bridgehead atoms. The molecule has 1 heterocycles. The summed E-state index contributed by atoms with van der Waals surface area (Å²) in [6.07, 6.45) is 1.52. The van der Waals surface area contributed by atoms with Gasteiger partial charge in [-0.3, -0.25) is 4.79 Å². The average Bonchev–Trinajstić information content (AvgIpc) is 2.32. The Morgan fingerprint density at radius 3 is 2.73 bits per heavy atom. The van der Waals surface area contributed by atoms with Gasteiger partial charge in [0.05, 0.1) is 0 Å². The molecular formula is C6H12BNO3. The van der Waals surface area contributed by atoms with Gasteiger partial charge in [-0.1, -0.05) is 0 Å². The highest BCUT2D eigenvalue weighted by Gasteiger charge is 2.34. The van der Waals surface area contributed by atoms with Crippen molar-refractivity contribution in [1.29, 1.82) is 0 Å². The SMILES string of the molecule is CB(O)N1CCC[C@H]1C(=O)O. The molecule has 2 N–H and O–H groups in total. The van der Waals surface area contributed by atoms with Crippen molar-refractivity contribution in [3.63, 3.8) is 0 Å². The molecule has 1 fully saturated rings. The summed E-state index contributed by atoms with van der Waals surface area (Å²) in [6, 6.07) is -0.477. The molecule has 4 nitrogen and oxygen atoms in total. The van der Waals surface area contributed by atoms with Crippen LogP contribution in [0.3, 0.4) is 0 Å². The molecule has 1 rings (SSSR count). The van der Waals surface area contributed by atoms with E-state index in [4.69, 9.17) is 10.1 Å². The van der Waals surface area contributed by atoms with Crippen molar-refractivity contribution in [2.24, 2.45) is 0 Å². The molecule has 0 aromatic rings. The van der Waals surface area contributed by atoms with Gasteiger partial charge in [0.25, 0.3) is 0 Å². The molecule has 0 amide bonds. The Kier molecular flexibility index (Phi) is 2.51. The number of aliphatic carboxylic acids is 1. The predicted octanol–water partition coefficient (Wildman–Crippen LogP) is -0.354. The van der Waals surface area contributed by atoms with Crippen molar-refractivity contribution in [1.82, 2.24) is 4.81 Å². The monoisotopic (exact) mass is 157 g/mol. The minimum absolute atomic E-state index is 0.477. The van der Waals surface area contributed by atoms with Gasteiger partial charge >= 0.3 is 13.0 Å². The lowest BCUT2D eigenvalue weighted by Crippen LogP contribution is -2.44. The van der Waals surface area contributed by atoms with E-state index in [0.29, 0.717) is 13.0 Å². The third-order valence-corrected chi connectivity index (χ3v) is 2.06. The van der Waals surface area contributed by atoms with Crippen LogP contribution in [0.2, 0.25) is 6.82 Å². The normalized spacial score (nSPS) is 25.5. The standard InChI is InChI=1S/C6H12BNO3/c1-7(11)8-4-2-3-5(8)6(9)10/h5,11H,2-4H2,1H3,(H,9,10)/t5-/m0/s1. The van der Waals surface area contributed by atoms with Crippen LogP contribution >= 0.6 is 0 Å². The first-order valence-corrected chi connectivity index (χ1v) is 3.79. The molecule has 0 radical (unpaired) electrons. The number of carboxylic acids is 1. The summed E-state index contributed by atoms with van der Waals surface area (Å²) in [4.78, 5) is 12.2. The summed E-state index contributed by atoms with van der Waals surface area (Å²) in [7, 11) is -0.640. The highest BCUT2D eigenvalue weighted by Crippen LogP contribution is 2.17. The Morgan fingerprint density at radius 2 is 2.36 bits per heavy atom. The van der Waals surface area contributed by atoms with E-state index in [1.807, 2.05) is 0 Å². The molecule has 1 atom stereocenters. The van der Waals surface area contributed by atoms with Gasteiger partial charge in [-0.05, 0) is 26.2 Å². The maximum Gasteiger partial charge on any atom is 0.377 e. The molecule has 0 unspecified atom stereocenters. The van der Waals surface area contributed by atoms with Crippen LogP contribution in [0, 0.1) is 0 Å². The minimum Gasteiger partial charge on any atom is -0.480 e. The fourth-order valence-electron chi connectivity index (χ4n) is 1.50. The quantitative estimate of drug-likeness (QED) is 0.537. The third-order valence-electron chi connectivity index (χ3n) is 2.06. The Hall–Kier alpha value is -0.545. The average molecular weight is 157 g/mol. The lowest BCUT2D eigenvalue weighted by Gasteiger charge is -2.21. The number of carboxylic acid groups (broad SMARTS) is 1. The lowest BCUT2D eigenvalue weighted by atomic mass is 9.84. The Balaban J connectivity index is 2.58. The zero-order chi connectivity index (χ0) is 8.43. The van der Waals surface area contributed by atoms with Crippen LogP contribution in [-0.4, -0.2) is 40.5 Å². The Labute approximate surface area is 65.9 Å². The van der Waals surface area contributed by atoms with E-state index >= 15 is 0 Å². The first-order valence-electron chi connectivity index (χ1n) is 3.79. The largest absolute Gasteiger partial charge is 0.480 e. The molecular weight excluding hydrogens is 145 g/mol. The van der Waals surface area contributed by atoms with Gasteiger partial charge in [0.2, 0.25) is 0 Å². The van der Waals surface area contributed by atoms with E-state index < -0.39 is 19.1 Å². The summed E-state index contributed by atoms with van der Waals surface area (Å²) in [5, 5.41) is 17.8. The van der Waals surface area contributed by atoms with Crippen LogP contribution in [0.15, 0.2) is 0 Å². The van der Waals surface area contributed by atoms with Gasteiger partial charge in [0.15, 0.2) is 0 Å². The summed E-state index contributed by atoms with van der Waals surface area (Å²) >= 11 is 0. The second-order valence-corrected chi connectivity index (χ2v) is 2.87. The van der Waals surface area contributed by atoms with E-state index in [-0.39, 0.29) is 0 Å². The smallest absolute Gasteiger partial charge is 0.377 e. The summed E-state index contributed by atoms with van der Waals surface area (Å²) in [6.45, 7) is 2.29. The highest BCUT2D eigenvalue weighted by atomic mass is 16.4. The Morgan fingerprint density at radius 1 is 1.73 bits per heavy atom. The van der Waals surface area contributed by atoms with Gasteiger partial charge in [-0.2, -0.15) is 0 Å². The molecule has 1 aliphatic rings. The number of rotatable bonds is 2. The van der Waals surface area contributed by atoms with Gasteiger partial charge in [0.1, 0.15) is 6.04 Å². The maximum absolute atomic E-state index is 10.6. The zero-order valence-electron chi connectivity index (χ0n) is 6.53. The number of hydrogen-bond acceptors (Lipinski definition) is 3. The first-order chi connectivity index (χ1) is 5.13. The van der Waals surface area contributed by atoms with Gasteiger partial charge in [-0.25, -0.2) is 0 Å². The summed E-state index contributed by atoms with van der Waals surface area (Å²) in [5.41, 5.74) is 0. The molecule has 11 heavy (non-hydrogen) atoms. The zero-order valence-corrected chi connectivity index (χ0v) is 6.53. The van der Waals surface area contributed by atoms with Crippen LogP contribution in [-0.2, 0) is 4.79 Å². The molecule has 62 valence electrons. The number of nitrogens with zero attached hydrogens (tertiary/aromatic N) is 1. The predicted molar refractivity (Wildman–Crippen MR) is 41.2 cm³/mol. The van der Waals surface area contributed by atoms with Crippen LogP contribution in [0.1, 0.15) is 12.8 Å². The van der Waals surface area contributed by atoms with Crippen molar-refractivity contribution in [2.45, 2.75) is 25.7 Å². The molecule has 0 aromatic heterocycles. The van der Waals surface area contributed by atoms with Crippen LogP contribution in [0.25, 0.3) is 0 Å². The van der Waals surface area contributed by atoms with Crippen molar-refractivity contribution in [3.8, 4) is 0 Å². The highest BCUT2D eigenvalue weighted by molar-refractivity contribution is 6.45. The molecule has 0 aliphatic carbocycles. The van der Waals surface area contributed by atoms with Crippen LogP contribution in [0.5, 0.6) is 0 Å². The molecule has 0 spiro atoms. The van der Waals surface area contributed by atoms with Crippen molar-refractivity contribution in [2.75, 3.05) is 6.54 Å². The molecule has 0 aromatic carbocycles. The summed E-state index contributed by atoms with van der Waals surface area (Å²) in [5.74, 6) is -0.830. The van der Waals surface area contributed by atoms with Crippen LogP contribution < -0.4 is 0 Å². The third kappa shape index (κ3) is 1.72. The molecule has 1 aliphatic heterocycles. The van der Waals surface area contributed by atoms with Gasteiger partial charge in [0, 0.05) is 0 Å². The van der Waals surface area contributed by atoms with Gasteiger partial charge in [-0.15, -0.1) is 0 Å². The van der Waals surface area contributed by atoms with Crippen molar-refractivity contribution < 1.29 is 14.9 Å². The van der Waals surface area contributed by atoms with E-state index in [2.05, 4.69) is 0 Å². The van der Waals surface area contributed by atoms with E-state index in [9.17, 15) is 4.79 Å². The lowest BCUT2D eigenvalue weighted by molar-refractivity contribution is -0.140. The van der Waals surface area contributed by atoms with Crippen molar-refractivity contribution in [3.05, 3.63) is 0 Å². The van der Waals surface area contributed by atoms with E-state index in [0.717, 1.165) is 6.42 Å². The molecule has 5 heteroatoms.